The van der Waals surface area contributed by atoms with Crippen LogP contribution in [0.2, 0.25) is 0 Å². The van der Waals surface area contributed by atoms with Gasteiger partial charge in [0.25, 0.3) is 5.91 Å². The summed E-state index contributed by atoms with van der Waals surface area (Å²) in [6, 6.07) is 7.36. The van der Waals surface area contributed by atoms with Gasteiger partial charge >= 0.3 is 5.97 Å². The summed E-state index contributed by atoms with van der Waals surface area (Å²) >= 11 is 1.23. The fourth-order valence-electron chi connectivity index (χ4n) is 2.04. The Bertz CT molecular complexity index is 719. The molecule has 0 unspecified atom stereocenters. The number of nitrogens with zero attached hydrogens (tertiary/aromatic N) is 1. The SMILES string of the molecule is COc1ccc(-c2ncc(C(=O)NC3(C(=O)O)CC3)s2)cc1. The molecule has 2 aromatic rings. The third kappa shape index (κ3) is 2.67. The summed E-state index contributed by atoms with van der Waals surface area (Å²) in [6.45, 7) is 0. The first kappa shape index (κ1) is 14.5. The fourth-order valence-corrected chi connectivity index (χ4v) is 2.86. The molecule has 1 aliphatic carbocycles. The summed E-state index contributed by atoms with van der Waals surface area (Å²) < 4.78 is 5.10. The zero-order valence-corrected chi connectivity index (χ0v) is 12.6. The summed E-state index contributed by atoms with van der Waals surface area (Å²) in [5, 5.41) is 12.4. The maximum absolute atomic E-state index is 12.1. The van der Waals surface area contributed by atoms with Gasteiger partial charge in [0.2, 0.25) is 0 Å². The molecule has 22 heavy (non-hydrogen) atoms. The van der Waals surface area contributed by atoms with Crippen LogP contribution in [-0.4, -0.2) is 34.6 Å². The van der Waals surface area contributed by atoms with E-state index in [4.69, 9.17) is 9.84 Å². The number of thiazole rings is 1. The van der Waals surface area contributed by atoms with Crippen molar-refractivity contribution in [2.75, 3.05) is 7.11 Å². The van der Waals surface area contributed by atoms with Crippen LogP contribution >= 0.6 is 11.3 Å². The van der Waals surface area contributed by atoms with E-state index < -0.39 is 17.4 Å². The highest BCUT2D eigenvalue weighted by Gasteiger charge is 2.51. The van der Waals surface area contributed by atoms with E-state index in [-0.39, 0.29) is 0 Å². The molecule has 7 heteroatoms. The van der Waals surface area contributed by atoms with Crippen molar-refractivity contribution in [3.05, 3.63) is 35.3 Å². The largest absolute Gasteiger partial charge is 0.497 e. The van der Waals surface area contributed by atoms with Crippen LogP contribution in [0.25, 0.3) is 10.6 Å². The Morgan fingerprint density at radius 3 is 2.55 bits per heavy atom. The lowest BCUT2D eigenvalue weighted by Gasteiger charge is -2.10. The van der Waals surface area contributed by atoms with Gasteiger partial charge in [-0.15, -0.1) is 11.3 Å². The molecule has 0 radical (unpaired) electrons. The third-order valence-electron chi connectivity index (χ3n) is 3.58. The highest BCUT2D eigenvalue weighted by Crippen LogP contribution is 2.36. The number of hydrogen-bond acceptors (Lipinski definition) is 5. The lowest BCUT2D eigenvalue weighted by Crippen LogP contribution is -2.42. The van der Waals surface area contributed by atoms with Gasteiger partial charge in [0, 0.05) is 5.56 Å². The van der Waals surface area contributed by atoms with E-state index in [2.05, 4.69) is 10.3 Å². The molecular formula is C15H14N2O4S. The number of carboxylic acid groups (broad SMARTS) is 1. The Morgan fingerprint density at radius 2 is 2.00 bits per heavy atom. The monoisotopic (exact) mass is 318 g/mol. The van der Waals surface area contributed by atoms with E-state index in [1.165, 1.54) is 17.5 Å². The van der Waals surface area contributed by atoms with Crippen molar-refractivity contribution >= 4 is 23.2 Å². The molecular weight excluding hydrogens is 304 g/mol. The van der Waals surface area contributed by atoms with E-state index in [0.29, 0.717) is 22.7 Å². The Kier molecular flexibility index (Phi) is 3.58. The number of hydrogen-bond donors (Lipinski definition) is 2. The first-order valence-corrected chi connectivity index (χ1v) is 7.52. The van der Waals surface area contributed by atoms with Gasteiger partial charge in [0.05, 0.1) is 13.3 Å². The molecule has 1 aromatic heterocycles. The predicted octanol–water partition coefficient (Wildman–Crippen LogP) is 2.17. The van der Waals surface area contributed by atoms with Crippen molar-refractivity contribution < 1.29 is 19.4 Å². The number of amides is 1. The third-order valence-corrected chi connectivity index (χ3v) is 4.62. The molecule has 0 saturated heterocycles. The van der Waals surface area contributed by atoms with Crippen LogP contribution in [0.15, 0.2) is 30.5 Å². The molecule has 1 aliphatic rings. The van der Waals surface area contributed by atoms with E-state index in [0.717, 1.165) is 11.3 Å². The van der Waals surface area contributed by atoms with Gasteiger partial charge in [-0.2, -0.15) is 0 Å². The second-order valence-corrected chi connectivity index (χ2v) is 6.13. The quantitative estimate of drug-likeness (QED) is 0.882. The summed E-state index contributed by atoms with van der Waals surface area (Å²) in [6.07, 6.45) is 2.41. The molecule has 1 aromatic carbocycles. The minimum atomic E-state index is -1.08. The van der Waals surface area contributed by atoms with E-state index in [1.54, 1.807) is 7.11 Å². The van der Waals surface area contributed by atoms with E-state index in [1.807, 2.05) is 24.3 Å². The molecule has 1 saturated carbocycles. The minimum absolute atomic E-state index is 0.392. The molecule has 2 N–H and O–H groups in total. The number of carboxylic acids is 1. The Morgan fingerprint density at radius 1 is 1.32 bits per heavy atom. The van der Waals surface area contributed by atoms with Crippen LogP contribution in [0.5, 0.6) is 5.75 Å². The van der Waals surface area contributed by atoms with Crippen LogP contribution in [0, 0.1) is 0 Å². The summed E-state index contributed by atoms with van der Waals surface area (Å²) in [7, 11) is 1.59. The molecule has 6 nitrogen and oxygen atoms in total. The van der Waals surface area contributed by atoms with Crippen LogP contribution in [0.1, 0.15) is 22.5 Å². The van der Waals surface area contributed by atoms with Gasteiger partial charge < -0.3 is 15.2 Å². The number of aliphatic carboxylic acids is 1. The van der Waals surface area contributed by atoms with Crippen LogP contribution < -0.4 is 10.1 Å². The van der Waals surface area contributed by atoms with Crippen molar-refractivity contribution in [1.29, 1.82) is 0 Å². The van der Waals surface area contributed by atoms with E-state index in [9.17, 15) is 9.59 Å². The van der Waals surface area contributed by atoms with Gasteiger partial charge in [-0.05, 0) is 37.1 Å². The second-order valence-electron chi connectivity index (χ2n) is 5.10. The summed E-state index contributed by atoms with van der Waals surface area (Å²) in [5.41, 5.74) is -0.203. The van der Waals surface area contributed by atoms with Crippen LogP contribution in [0.3, 0.4) is 0 Å². The molecule has 1 fully saturated rings. The second kappa shape index (κ2) is 5.42. The highest BCUT2D eigenvalue weighted by molar-refractivity contribution is 7.16. The maximum Gasteiger partial charge on any atom is 0.329 e. The number of aromatic nitrogens is 1. The van der Waals surface area contributed by atoms with Crippen LogP contribution in [-0.2, 0) is 4.79 Å². The maximum atomic E-state index is 12.1. The standard InChI is InChI=1S/C15H14N2O4S/c1-21-10-4-2-9(3-5-10)13-16-8-11(22-13)12(18)17-15(6-7-15)14(19)20/h2-5,8H,6-7H2,1H3,(H,17,18)(H,19,20). The summed E-state index contributed by atoms with van der Waals surface area (Å²) in [4.78, 5) is 27.9. The van der Waals surface area contributed by atoms with Crippen molar-refractivity contribution in [3.63, 3.8) is 0 Å². The molecule has 3 rings (SSSR count). The number of methoxy groups -OCH3 is 1. The predicted molar refractivity (Wildman–Crippen MR) is 81.2 cm³/mol. The van der Waals surface area contributed by atoms with Crippen molar-refractivity contribution in [1.82, 2.24) is 10.3 Å². The zero-order chi connectivity index (χ0) is 15.7. The Balaban J connectivity index is 1.75. The molecule has 0 aliphatic heterocycles. The molecule has 0 atom stereocenters. The Hall–Kier alpha value is -2.41. The smallest absolute Gasteiger partial charge is 0.329 e. The highest BCUT2D eigenvalue weighted by atomic mass is 32.1. The number of rotatable bonds is 5. The number of carbonyl (C=O) groups is 2. The lowest BCUT2D eigenvalue weighted by molar-refractivity contribution is -0.140. The first-order chi connectivity index (χ1) is 10.5. The van der Waals surface area contributed by atoms with Gasteiger partial charge in [0.1, 0.15) is 21.2 Å². The van der Waals surface area contributed by atoms with Gasteiger partial charge in [0.15, 0.2) is 0 Å². The van der Waals surface area contributed by atoms with Gasteiger partial charge in [-0.3, -0.25) is 4.79 Å². The normalized spacial score (nSPS) is 15.1. The Labute approximate surface area is 130 Å². The average Bonchev–Trinajstić information content (AvgIpc) is 3.14. The molecule has 0 spiro atoms. The molecule has 1 heterocycles. The van der Waals surface area contributed by atoms with Crippen LogP contribution in [0.4, 0.5) is 0 Å². The lowest BCUT2D eigenvalue weighted by atomic mass is 10.2. The van der Waals surface area contributed by atoms with Crippen molar-refractivity contribution in [2.45, 2.75) is 18.4 Å². The van der Waals surface area contributed by atoms with E-state index >= 15 is 0 Å². The number of carbonyl (C=O) groups excluding carboxylic acids is 1. The van der Waals surface area contributed by atoms with Gasteiger partial charge in [-0.25, -0.2) is 9.78 Å². The minimum Gasteiger partial charge on any atom is -0.497 e. The summed E-state index contributed by atoms with van der Waals surface area (Å²) in [5.74, 6) is -0.631. The van der Waals surface area contributed by atoms with Crippen molar-refractivity contribution in [3.8, 4) is 16.3 Å². The molecule has 0 bridgehead atoms. The number of nitrogens with one attached hydrogen (secondary N) is 1. The topological polar surface area (TPSA) is 88.5 Å². The first-order valence-electron chi connectivity index (χ1n) is 6.70. The number of ether oxygens (including phenoxy) is 1. The fraction of sp³-hybridized carbons (Fsp3) is 0.267. The molecule has 114 valence electrons. The zero-order valence-electron chi connectivity index (χ0n) is 11.8. The number of benzene rings is 1. The van der Waals surface area contributed by atoms with Gasteiger partial charge in [-0.1, -0.05) is 0 Å². The molecule has 1 amide bonds. The average molecular weight is 318 g/mol. The van der Waals surface area contributed by atoms with Crippen molar-refractivity contribution in [2.24, 2.45) is 0 Å².